The Hall–Kier alpha value is -1.18. The van der Waals surface area contributed by atoms with Crippen LogP contribution in [0.3, 0.4) is 0 Å². The molecule has 1 fully saturated rings. The summed E-state index contributed by atoms with van der Waals surface area (Å²) in [5, 5.41) is 10.7. The lowest BCUT2D eigenvalue weighted by atomic mass is 9.80. The van der Waals surface area contributed by atoms with Gasteiger partial charge in [0.15, 0.2) is 0 Å². The number of nitrogens with zero attached hydrogens (tertiary/aromatic N) is 1. The Morgan fingerprint density at radius 2 is 2.05 bits per heavy atom. The molecule has 1 aromatic carbocycles. The van der Waals surface area contributed by atoms with Crippen LogP contribution in [0, 0.1) is 10.1 Å². The van der Waals surface area contributed by atoms with Crippen LogP contribution in [0.2, 0.25) is 5.02 Å². The topological polar surface area (TPSA) is 89.3 Å². The van der Waals surface area contributed by atoms with Crippen molar-refractivity contribution >= 4 is 27.3 Å². The Balaban J connectivity index is 2.35. The van der Waals surface area contributed by atoms with Crippen LogP contribution in [-0.2, 0) is 10.0 Å². The number of benzene rings is 1. The average Bonchev–Trinajstić information content (AvgIpc) is 2.26. The number of nitro groups is 1. The van der Waals surface area contributed by atoms with Gasteiger partial charge in [-0.3, -0.25) is 10.1 Å². The van der Waals surface area contributed by atoms with E-state index in [4.69, 9.17) is 11.6 Å². The molecule has 1 N–H and O–H groups in total. The monoisotopic (exact) mass is 304 g/mol. The second kappa shape index (κ2) is 4.73. The first-order valence-corrected chi connectivity index (χ1v) is 7.58. The molecule has 0 heterocycles. The fraction of sp³-hybridized carbons (Fsp3) is 0.455. The molecule has 1 aliphatic rings. The van der Waals surface area contributed by atoms with Gasteiger partial charge < -0.3 is 0 Å². The third kappa shape index (κ3) is 2.88. The fourth-order valence-electron chi connectivity index (χ4n) is 1.99. The lowest BCUT2D eigenvalue weighted by Crippen LogP contribution is -2.50. The highest BCUT2D eigenvalue weighted by molar-refractivity contribution is 7.89. The number of halogens is 1. The van der Waals surface area contributed by atoms with E-state index in [0.29, 0.717) is 0 Å². The van der Waals surface area contributed by atoms with E-state index in [1.54, 1.807) is 0 Å². The average molecular weight is 305 g/mol. The lowest BCUT2D eigenvalue weighted by molar-refractivity contribution is -0.384. The summed E-state index contributed by atoms with van der Waals surface area (Å²) < 4.78 is 26.9. The van der Waals surface area contributed by atoms with Crippen molar-refractivity contribution in [3.63, 3.8) is 0 Å². The van der Waals surface area contributed by atoms with E-state index in [1.165, 1.54) is 12.1 Å². The number of nitro benzene ring substituents is 1. The molecule has 104 valence electrons. The lowest BCUT2D eigenvalue weighted by Gasteiger charge is -2.38. The van der Waals surface area contributed by atoms with Crippen molar-refractivity contribution in [3.8, 4) is 0 Å². The molecule has 0 aliphatic heterocycles. The molecule has 1 aromatic rings. The zero-order chi connectivity index (χ0) is 14.3. The minimum atomic E-state index is -3.76. The first-order valence-electron chi connectivity index (χ1n) is 5.71. The van der Waals surface area contributed by atoms with Crippen LogP contribution in [0.4, 0.5) is 5.69 Å². The SMILES string of the molecule is CC1(NS(=O)(=O)c2ccc(Cl)c([N+](=O)[O-])c2)CCC1. The molecular weight excluding hydrogens is 292 g/mol. The van der Waals surface area contributed by atoms with Crippen molar-refractivity contribution in [1.29, 1.82) is 0 Å². The highest BCUT2D eigenvalue weighted by Gasteiger charge is 2.36. The first-order chi connectivity index (χ1) is 8.73. The highest BCUT2D eigenvalue weighted by atomic mass is 35.5. The maximum atomic E-state index is 12.1. The third-order valence-electron chi connectivity index (χ3n) is 3.26. The molecule has 0 unspecified atom stereocenters. The Bertz CT molecular complexity index is 626. The van der Waals surface area contributed by atoms with E-state index in [1.807, 2.05) is 6.92 Å². The molecule has 6 nitrogen and oxygen atoms in total. The molecule has 0 amide bonds. The number of hydrogen-bond acceptors (Lipinski definition) is 4. The number of sulfonamides is 1. The summed E-state index contributed by atoms with van der Waals surface area (Å²) in [4.78, 5) is 9.92. The quantitative estimate of drug-likeness (QED) is 0.683. The molecule has 1 saturated carbocycles. The van der Waals surface area contributed by atoms with Crippen LogP contribution in [0.1, 0.15) is 26.2 Å². The molecule has 0 bridgehead atoms. The molecule has 0 aromatic heterocycles. The molecule has 19 heavy (non-hydrogen) atoms. The fourth-order valence-corrected chi connectivity index (χ4v) is 3.66. The molecular formula is C11H13ClN2O4S. The molecule has 8 heteroatoms. The Morgan fingerprint density at radius 3 is 2.53 bits per heavy atom. The first kappa shape index (κ1) is 14.2. The molecule has 1 aliphatic carbocycles. The normalized spacial score (nSPS) is 17.8. The standard InChI is InChI=1S/C11H13ClN2O4S/c1-11(5-2-6-11)13-19(17,18)8-3-4-9(12)10(7-8)14(15)16/h3-4,7,13H,2,5-6H2,1H3. The zero-order valence-electron chi connectivity index (χ0n) is 10.2. The van der Waals surface area contributed by atoms with Crippen LogP contribution in [0.5, 0.6) is 0 Å². The summed E-state index contributed by atoms with van der Waals surface area (Å²) in [6, 6.07) is 3.46. The van der Waals surface area contributed by atoms with E-state index in [0.717, 1.165) is 25.3 Å². The van der Waals surface area contributed by atoms with E-state index in [9.17, 15) is 18.5 Å². The largest absolute Gasteiger partial charge is 0.289 e. The number of nitrogens with one attached hydrogen (secondary N) is 1. The Labute approximate surface area is 116 Å². The zero-order valence-corrected chi connectivity index (χ0v) is 11.8. The smallest absolute Gasteiger partial charge is 0.258 e. The van der Waals surface area contributed by atoms with Crippen LogP contribution in [0.15, 0.2) is 23.1 Å². The predicted octanol–water partition coefficient (Wildman–Crippen LogP) is 2.47. The second-order valence-electron chi connectivity index (χ2n) is 4.89. The summed E-state index contributed by atoms with van der Waals surface area (Å²) >= 11 is 5.66. The van der Waals surface area contributed by atoms with Gasteiger partial charge in [0.1, 0.15) is 5.02 Å². The van der Waals surface area contributed by atoms with E-state index < -0.39 is 26.2 Å². The van der Waals surface area contributed by atoms with Gasteiger partial charge in [-0.1, -0.05) is 11.6 Å². The van der Waals surface area contributed by atoms with E-state index in [-0.39, 0.29) is 9.92 Å². The van der Waals surface area contributed by atoms with Gasteiger partial charge in [0, 0.05) is 11.6 Å². The minimum absolute atomic E-state index is 0.0844. The van der Waals surface area contributed by atoms with Crippen LogP contribution >= 0.6 is 11.6 Å². The van der Waals surface area contributed by atoms with Crippen molar-refractivity contribution < 1.29 is 13.3 Å². The Morgan fingerprint density at radius 1 is 1.42 bits per heavy atom. The Kier molecular flexibility index (Phi) is 3.55. The molecule has 0 spiro atoms. The molecule has 0 radical (unpaired) electrons. The third-order valence-corrected chi connectivity index (χ3v) is 5.22. The summed E-state index contributed by atoms with van der Waals surface area (Å²) in [5.41, 5.74) is -0.865. The van der Waals surface area contributed by atoms with Gasteiger partial charge in [-0.2, -0.15) is 0 Å². The van der Waals surface area contributed by atoms with Crippen LogP contribution < -0.4 is 4.72 Å². The summed E-state index contributed by atoms with van der Waals surface area (Å²) in [7, 11) is -3.76. The van der Waals surface area contributed by atoms with Crippen molar-refractivity contribution in [2.45, 2.75) is 36.6 Å². The molecule has 0 saturated heterocycles. The van der Waals surface area contributed by atoms with Crippen LogP contribution in [-0.4, -0.2) is 18.9 Å². The number of rotatable bonds is 4. The maximum absolute atomic E-state index is 12.1. The summed E-state index contributed by atoms with van der Waals surface area (Å²) in [6.45, 7) is 1.82. The highest BCUT2D eigenvalue weighted by Crippen LogP contribution is 2.33. The van der Waals surface area contributed by atoms with E-state index in [2.05, 4.69) is 4.72 Å². The molecule has 0 atom stereocenters. The summed E-state index contributed by atoms with van der Waals surface area (Å²) in [5.74, 6) is 0. The van der Waals surface area contributed by atoms with Gasteiger partial charge in [0.25, 0.3) is 5.69 Å². The van der Waals surface area contributed by atoms with E-state index >= 15 is 0 Å². The van der Waals surface area contributed by atoms with Gasteiger partial charge in [-0.25, -0.2) is 13.1 Å². The van der Waals surface area contributed by atoms with Gasteiger partial charge >= 0.3 is 0 Å². The summed E-state index contributed by atoms with van der Waals surface area (Å²) in [6.07, 6.45) is 2.50. The maximum Gasteiger partial charge on any atom is 0.289 e. The molecule has 2 rings (SSSR count). The van der Waals surface area contributed by atoms with Gasteiger partial charge in [0.05, 0.1) is 9.82 Å². The number of hydrogen-bond donors (Lipinski definition) is 1. The van der Waals surface area contributed by atoms with Crippen molar-refractivity contribution in [2.24, 2.45) is 0 Å². The minimum Gasteiger partial charge on any atom is -0.258 e. The van der Waals surface area contributed by atoms with Gasteiger partial charge in [-0.05, 0) is 38.3 Å². The second-order valence-corrected chi connectivity index (χ2v) is 6.98. The predicted molar refractivity (Wildman–Crippen MR) is 70.7 cm³/mol. The van der Waals surface area contributed by atoms with Gasteiger partial charge in [0.2, 0.25) is 10.0 Å². The van der Waals surface area contributed by atoms with Gasteiger partial charge in [-0.15, -0.1) is 0 Å². The van der Waals surface area contributed by atoms with Crippen LogP contribution in [0.25, 0.3) is 0 Å². The van der Waals surface area contributed by atoms with Crippen molar-refractivity contribution in [3.05, 3.63) is 33.3 Å². The van der Waals surface area contributed by atoms with Crippen molar-refractivity contribution in [2.75, 3.05) is 0 Å². The van der Waals surface area contributed by atoms with Crippen molar-refractivity contribution in [1.82, 2.24) is 4.72 Å².